The lowest BCUT2D eigenvalue weighted by Crippen LogP contribution is -2.57. The van der Waals surface area contributed by atoms with Crippen molar-refractivity contribution in [2.45, 2.75) is 37.5 Å². The Labute approximate surface area is 133 Å². The molecule has 0 unspecified atom stereocenters. The summed E-state index contributed by atoms with van der Waals surface area (Å²) in [5.41, 5.74) is 10.0. The molecule has 8 heteroatoms. The molecule has 124 valence electrons. The highest BCUT2D eigenvalue weighted by molar-refractivity contribution is 6.05. The number of urea groups is 1. The van der Waals surface area contributed by atoms with E-state index in [1.54, 1.807) is 0 Å². The number of primary amides is 2. The molecular formula is C15H20N4O4. The monoisotopic (exact) mass is 320 g/mol. The van der Waals surface area contributed by atoms with E-state index in [1.165, 1.54) is 0 Å². The molecule has 0 radical (unpaired) electrons. The Hall–Kier alpha value is -2.77. The number of nitrogens with one attached hydrogen (secondary N) is 2. The Balaban J connectivity index is 1.91. The van der Waals surface area contributed by atoms with Crippen molar-refractivity contribution in [1.29, 1.82) is 0 Å². The zero-order valence-electron chi connectivity index (χ0n) is 12.5. The number of carbonyl (C=O) groups is 3. The number of ether oxygens (including phenoxy) is 1. The van der Waals surface area contributed by atoms with Gasteiger partial charge in [0.25, 0.3) is 0 Å². The maximum Gasteiger partial charge on any atom is 0.316 e. The van der Waals surface area contributed by atoms with Crippen molar-refractivity contribution < 1.29 is 19.1 Å². The fourth-order valence-electron chi connectivity index (χ4n) is 2.53. The van der Waals surface area contributed by atoms with Crippen LogP contribution in [0.25, 0.3) is 0 Å². The van der Waals surface area contributed by atoms with E-state index >= 15 is 0 Å². The third-order valence-corrected chi connectivity index (χ3v) is 3.64. The predicted molar refractivity (Wildman–Crippen MR) is 82.3 cm³/mol. The van der Waals surface area contributed by atoms with E-state index in [9.17, 15) is 14.4 Å². The maximum absolute atomic E-state index is 11.9. The smallest absolute Gasteiger partial charge is 0.316 e. The van der Waals surface area contributed by atoms with Gasteiger partial charge in [0, 0.05) is 0 Å². The van der Waals surface area contributed by atoms with Gasteiger partial charge in [0.2, 0.25) is 11.8 Å². The molecule has 0 heterocycles. The summed E-state index contributed by atoms with van der Waals surface area (Å²) >= 11 is 0. The van der Waals surface area contributed by atoms with Crippen LogP contribution in [0.15, 0.2) is 30.3 Å². The number of hydrogen-bond acceptors (Lipinski definition) is 4. The second-order valence-corrected chi connectivity index (χ2v) is 5.36. The van der Waals surface area contributed by atoms with E-state index in [-0.39, 0.29) is 12.1 Å². The molecule has 23 heavy (non-hydrogen) atoms. The fourth-order valence-corrected chi connectivity index (χ4v) is 2.53. The fraction of sp³-hybridized carbons (Fsp3) is 0.400. The Morgan fingerprint density at radius 2 is 1.74 bits per heavy atom. The molecule has 0 aromatic heterocycles. The molecule has 1 aliphatic carbocycles. The number of nitrogens with two attached hydrogens (primary N) is 2. The standard InChI is InChI=1S/C15H20N4O4/c16-13(20)12(14(17)21)19-15(22)18-10-7-4-8-11(10)23-9-5-2-1-3-6-9/h1-3,5-6,10-12H,4,7-8H2,(H2,16,20)(H2,17,21)(H2,18,19,22)/t10-,11+/m0/s1. The van der Waals surface area contributed by atoms with E-state index in [0.29, 0.717) is 0 Å². The summed E-state index contributed by atoms with van der Waals surface area (Å²) in [6, 6.07) is 6.85. The maximum atomic E-state index is 11.9. The zero-order valence-corrected chi connectivity index (χ0v) is 12.5. The highest BCUT2D eigenvalue weighted by atomic mass is 16.5. The van der Waals surface area contributed by atoms with Gasteiger partial charge in [0.05, 0.1) is 6.04 Å². The van der Waals surface area contributed by atoms with Crippen molar-refractivity contribution in [2.24, 2.45) is 11.5 Å². The molecular weight excluding hydrogens is 300 g/mol. The van der Waals surface area contributed by atoms with Gasteiger partial charge in [-0.1, -0.05) is 18.2 Å². The Morgan fingerprint density at radius 1 is 1.09 bits per heavy atom. The zero-order chi connectivity index (χ0) is 16.8. The molecule has 1 aromatic rings. The molecule has 1 saturated carbocycles. The van der Waals surface area contributed by atoms with Crippen LogP contribution in [0.4, 0.5) is 4.79 Å². The van der Waals surface area contributed by atoms with Crippen LogP contribution in [0.2, 0.25) is 0 Å². The Morgan fingerprint density at radius 3 is 2.35 bits per heavy atom. The molecule has 2 rings (SSSR count). The number of benzene rings is 1. The highest BCUT2D eigenvalue weighted by Crippen LogP contribution is 2.24. The minimum atomic E-state index is -1.54. The largest absolute Gasteiger partial charge is 0.488 e. The van der Waals surface area contributed by atoms with Crippen molar-refractivity contribution in [1.82, 2.24) is 10.6 Å². The van der Waals surface area contributed by atoms with Gasteiger partial charge in [0.15, 0.2) is 6.04 Å². The molecule has 0 bridgehead atoms. The van der Waals surface area contributed by atoms with Gasteiger partial charge in [-0.15, -0.1) is 0 Å². The van der Waals surface area contributed by atoms with Gasteiger partial charge in [0.1, 0.15) is 11.9 Å². The van der Waals surface area contributed by atoms with E-state index in [4.69, 9.17) is 16.2 Å². The third kappa shape index (κ3) is 4.60. The van der Waals surface area contributed by atoms with Gasteiger partial charge in [-0.05, 0) is 31.4 Å². The van der Waals surface area contributed by atoms with Gasteiger partial charge in [-0.2, -0.15) is 0 Å². The lowest BCUT2D eigenvalue weighted by Gasteiger charge is -2.23. The summed E-state index contributed by atoms with van der Waals surface area (Å²) in [6.07, 6.45) is 2.26. The normalized spacial score (nSPS) is 20.0. The van der Waals surface area contributed by atoms with Crippen LogP contribution in [0, 0.1) is 0 Å². The van der Waals surface area contributed by atoms with Crippen molar-refractivity contribution in [3.05, 3.63) is 30.3 Å². The van der Waals surface area contributed by atoms with Crippen molar-refractivity contribution in [3.63, 3.8) is 0 Å². The molecule has 4 amide bonds. The predicted octanol–water partition coefficient (Wildman–Crippen LogP) is -0.375. The van der Waals surface area contributed by atoms with Crippen LogP contribution in [-0.2, 0) is 9.59 Å². The van der Waals surface area contributed by atoms with Crippen molar-refractivity contribution in [3.8, 4) is 5.75 Å². The van der Waals surface area contributed by atoms with Crippen LogP contribution >= 0.6 is 0 Å². The third-order valence-electron chi connectivity index (χ3n) is 3.64. The minimum absolute atomic E-state index is 0.177. The number of amides is 4. The van der Waals surface area contributed by atoms with E-state index in [1.807, 2.05) is 30.3 Å². The average molecular weight is 320 g/mol. The first-order valence-electron chi connectivity index (χ1n) is 7.34. The lowest BCUT2D eigenvalue weighted by atomic mass is 10.2. The van der Waals surface area contributed by atoms with Gasteiger partial charge in [-0.3, -0.25) is 9.59 Å². The first kappa shape index (κ1) is 16.6. The van der Waals surface area contributed by atoms with E-state index < -0.39 is 23.9 Å². The van der Waals surface area contributed by atoms with E-state index in [2.05, 4.69) is 10.6 Å². The average Bonchev–Trinajstić information content (AvgIpc) is 2.92. The number of hydrogen-bond donors (Lipinski definition) is 4. The van der Waals surface area contributed by atoms with Gasteiger partial charge < -0.3 is 26.8 Å². The van der Waals surface area contributed by atoms with Gasteiger partial charge >= 0.3 is 6.03 Å². The summed E-state index contributed by atoms with van der Waals surface area (Å²) in [4.78, 5) is 34.1. The summed E-state index contributed by atoms with van der Waals surface area (Å²) in [5.74, 6) is -1.29. The van der Waals surface area contributed by atoms with Crippen molar-refractivity contribution in [2.75, 3.05) is 0 Å². The lowest BCUT2D eigenvalue weighted by molar-refractivity contribution is -0.128. The minimum Gasteiger partial charge on any atom is -0.488 e. The van der Waals surface area contributed by atoms with Crippen LogP contribution in [-0.4, -0.2) is 36.0 Å². The molecule has 1 aliphatic rings. The molecule has 0 aliphatic heterocycles. The number of rotatable bonds is 6. The van der Waals surface area contributed by atoms with Crippen LogP contribution in [0.5, 0.6) is 5.75 Å². The molecule has 0 spiro atoms. The Kier molecular flexibility index (Phi) is 5.40. The van der Waals surface area contributed by atoms with Crippen LogP contribution in [0.1, 0.15) is 19.3 Å². The summed E-state index contributed by atoms with van der Waals surface area (Å²) in [7, 11) is 0. The second-order valence-electron chi connectivity index (χ2n) is 5.36. The first-order chi connectivity index (χ1) is 11.0. The summed E-state index contributed by atoms with van der Waals surface area (Å²) < 4.78 is 5.86. The van der Waals surface area contributed by atoms with Crippen LogP contribution < -0.4 is 26.8 Å². The second kappa shape index (κ2) is 7.48. The molecule has 2 atom stereocenters. The molecule has 0 saturated heterocycles. The molecule has 8 nitrogen and oxygen atoms in total. The summed E-state index contributed by atoms with van der Waals surface area (Å²) in [6.45, 7) is 0. The quantitative estimate of drug-likeness (QED) is 0.531. The SMILES string of the molecule is NC(=O)C(NC(=O)N[C@H]1CCC[C@H]1Oc1ccccc1)C(N)=O. The summed E-state index contributed by atoms with van der Waals surface area (Å²) in [5, 5.41) is 4.87. The van der Waals surface area contributed by atoms with Crippen molar-refractivity contribution >= 4 is 17.8 Å². The molecule has 6 N–H and O–H groups in total. The van der Waals surface area contributed by atoms with Crippen LogP contribution in [0.3, 0.4) is 0 Å². The first-order valence-corrected chi connectivity index (χ1v) is 7.34. The Bertz CT molecular complexity index is 564. The number of para-hydroxylation sites is 1. The number of carbonyl (C=O) groups excluding carboxylic acids is 3. The topological polar surface area (TPSA) is 137 Å². The highest BCUT2D eigenvalue weighted by Gasteiger charge is 2.32. The molecule has 1 aromatic carbocycles. The molecule has 1 fully saturated rings. The van der Waals surface area contributed by atoms with Gasteiger partial charge in [-0.25, -0.2) is 4.79 Å². The van der Waals surface area contributed by atoms with E-state index in [0.717, 1.165) is 25.0 Å².